The molecule has 2 heteroatoms. The Kier molecular flexibility index (Phi) is 4.44. The molecule has 0 spiro atoms. The molecule has 0 aromatic carbocycles. The molecule has 0 radical (unpaired) electrons. The monoisotopic (exact) mass is 292 g/mol. The zero-order chi connectivity index (χ0) is 15.0. The molecule has 1 aromatic rings. The third-order valence-corrected chi connectivity index (χ3v) is 5.92. The van der Waals surface area contributed by atoms with E-state index in [1.54, 1.807) is 11.3 Å². The van der Waals surface area contributed by atoms with Gasteiger partial charge in [-0.1, -0.05) is 47.5 Å². The van der Waals surface area contributed by atoms with Crippen molar-refractivity contribution in [2.24, 2.45) is 11.3 Å². The molecule has 0 saturated heterocycles. The first-order valence-corrected chi connectivity index (χ1v) is 8.71. The van der Waals surface area contributed by atoms with Gasteiger partial charge in [0.2, 0.25) is 0 Å². The van der Waals surface area contributed by atoms with Crippen LogP contribution in [0.25, 0.3) is 0 Å². The highest BCUT2D eigenvalue weighted by molar-refractivity contribution is 7.14. The quantitative estimate of drug-likeness (QED) is 0.638. The number of carbonyl (C=O) groups excluding carboxylic acids is 1. The number of ketones is 1. The molecule has 0 amide bonds. The van der Waals surface area contributed by atoms with Gasteiger partial charge in [-0.3, -0.25) is 4.79 Å². The lowest BCUT2D eigenvalue weighted by Gasteiger charge is -2.28. The second-order valence-electron chi connectivity index (χ2n) is 7.83. The van der Waals surface area contributed by atoms with Crippen molar-refractivity contribution in [2.75, 3.05) is 0 Å². The number of carbonyl (C=O) groups is 1. The molecule has 1 aliphatic carbocycles. The fourth-order valence-corrected chi connectivity index (χ4v) is 4.61. The maximum atomic E-state index is 13.1. The molecule has 1 nitrogen and oxygen atoms in total. The number of thiophene rings is 1. The van der Waals surface area contributed by atoms with E-state index in [9.17, 15) is 4.79 Å². The van der Waals surface area contributed by atoms with Crippen LogP contribution in [0.2, 0.25) is 0 Å². The van der Waals surface area contributed by atoms with Gasteiger partial charge in [0.1, 0.15) is 0 Å². The summed E-state index contributed by atoms with van der Waals surface area (Å²) in [5, 5.41) is 0. The van der Waals surface area contributed by atoms with Crippen molar-refractivity contribution in [1.29, 1.82) is 0 Å². The molecule has 0 aliphatic heterocycles. The van der Waals surface area contributed by atoms with Gasteiger partial charge in [-0.05, 0) is 42.7 Å². The summed E-state index contributed by atoms with van der Waals surface area (Å²) < 4.78 is 0. The van der Waals surface area contributed by atoms with E-state index in [2.05, 4.69) is 46.8 Å². The van der Waals surface area contributed by atoms with Crippen LogP contribution in [0.5, 0.6) is 0 Å². The SMILES string of the molecule is CC(C)CC1(C(=O)c2ccc(C(C)(C)C)s2)CCCC1. The third kappa shape index (κ3) is 3.16. The van der Waals surface area contributed by atoms with Crippen LogP contribution >= 0.6 is 11.3 Å². The molecule has 2 rings (SSSR count). The van der Waals surface area contributed by atoms with Crippen LogP contribution in [0.4, 0.5) is 0 Å². The topological polar surface area (TPSA) is 17.1 Å². The van der Waals surface area contributed by atoms with E-state index >= 15 is 0 Å². The second kappa shape index (κ2) is 5.63. The van der Waals surface area contributed by atoms with Crippen LogP contribution in [0.1, 0.15) is 81.3 Å². The normalized spacial score (nSPS) is 18.7. The van der Waals surface area contributed by atoms with Gasteiger partial charge in [-0.2, -0.15) is 0 Å². The molecule has 0 atom stereocenters. The molecule has 0 bridgehead atoms. The first-order chi connectivity index (χ1) is 9.24. The number of hydrogen-bond donors (Lipinski definition) is 0. The summed E-state index contributed by atoms with van der Waals surface area (Å²) in [6.07, 6.45) is 5.67. The molecule has 0 N–H and O–H groups in total. The average molecular weight is 292 g/mol. The third-order valence-electron chi connectivity index (χ3n) is 4.41. The summed E-state index contributed by atoms with van der Waals surface area (Å²) in [5.41, 5.74) is 0.0816. The van der Waals surface area contributed by atoms with Crippen molar-refractivity contribution in [3.05, 3.63) is 21.9 Å². The highest BCUT2D eigenvalue weighted by Gasteiger charge is 2.42. The Morgan fingerprint density at radius 2 is 1.85 bits per heavy atom. The van der Waals surface area contributed by atoms with Crippen molar-refractivity contribution in [2.45, 2.75) is 72.1 Å². The van der Waals surface area contributed by atoms with Gasteiger partial charge in [0.15, 0.2) is 5.78 Å². The van der Waals surface area contributed by atoms with Gasteiger partial charge in [0.05, 0.1) is 4.88 Å². The second-order valence-corrected chi connectivity index (χ2v) is 8.91. The van der Waals surface area contributed by atoms with E-state index in [-0.39, 0.29) is 10.8 Å². The molecule has 1 heterocycles. The Morgan fingerprint density at radius 3 is 2.30 bits per heavy atom. The largest absolute Gasteiger partial charge is 0.293 e. The summed E-state index contributed by atoms with van der Waals surface area (Å²) in [4.78, 5) is 15.4. The van der Waals surface area contributed by atoms with Gasteiger partial charge in [0, 0.05) is 10.3 Å². The molecule has 20 heavy (non-hydrogen) atoms. The number of rotatable bonds is 4. The summed E-state index contributed by atoms with van der Waals surface area (Å²) in [5.74, 6) is 1.02. The van der Waals surface area contributed by atoms with Crippen LogP contribution in [0.15, 0.2) is 12.1 Å². The van der Waals surface area contributed by atoms with Crippen LogP contribution in [0.3, 0.4) is 0 Å². The maximum absolute atomic E-state index is 13.1. The number of Topliss-reactive ketones (excluding diaryl/α,β-unsaturated/α-hetero) is 1. The lowest BCUT2D eigenvalue weighted by atomic mass is 9.74. The first kappa shape index (κ1) is 15.8. The molecular weight excluding hydrogens is 264 g/mol. The Balaban J connectivity index is 2.26. The predicted octanol–water partition coefficient (Wildman–Crippen LogP) is 5.83. The average Bonchev–Trinajstić information content (AvgIpc) is 2.94. The Bertz CT molecular complexity index is 470. The van der Waals surface area contributed by atoms with E-state index < -0.39 is 0 Å². The molecule has 1 fully saturated rings. The van der Waals surface area contributed by atoms with Crippen LogP contribution < -0.4 is 0 Å². The van der Waals surface area contributed by atoms with Crippen molar-refractivity contribution >= 4 is 17.1 Å². The standard InChI is InChI=1S/C18H28OS/c1-13(2)12-18(10-6-7-11-18)16(19)14-8-9-15(20-14)17(3,4)5/h8-9,13H,6-7,10-12H2,1-5H3. The molecule has 112 valence electrons. The maximum Gasteiger partial charge on any atom is 0.178 e. The zero-order valence-electron chi connectivity index (χ0n) is 13.6. The minimum atomic E-state index is -0.0613. The molecule has 1 aromatic heterocycles. The van der Waals surface area contributed by atoms with Gasteiger partial charge < -0.3 is 0 Å². The van der Waals surface area contributed by atoms with E-state index in [0.717, 1.165) is 24.1 Å². The smallest absolute Gasteiger partial charge is 0.178 e. The fraction of sp³-hybridized carbons (Fsp3) is 0.722. The van der Waals surface area contributed by atoms with Crippen molar-refractivity contribution in [1.82, 2.24) is 0 Å². The van der Waals surface area contributed by atoms with Gasteiger partial charge in [0.25, 0.3) is 0 Å². The van der Waals surface area contributed by atoms with E-state index in [4.69, 9.17) is 0 Å². The van der Waals surface area contributed by atoms with Crippen LogP contribution in [-0.2, 0) is 5.41 Å². The predicted molar refractivity (Wildman–Crippen MR) is 87.7 cm³/mol. The van der Waals surface area contributed by atoms with E-state index in [1.807, 2.05) is 0 Å². The van der Waals surface area contributed by atoms with Crippen molar-refractivity contribution in [3.8, 4) is 0 Å². The van der Waals surface area contributed by atoms with E-state index in [1.165, 1.54) is 17.7 Å². The fourth-order valence-electron chi connectivity index (χ4n) is 3.48. The van der Waals surface area contributed by atoms with Gasteiger partial charge in [-0.15, -0.1) is 11.3 Å². The summed E-state index contributed by atoms with van der Waals surface area (Å²) in [7, 11) is 0. The Labute approximate surface area is 127 Å². The van der Waals surface area contributed by atoms with Crippen LogP contribution in [-0.4, -0.2) is 5.78 Å². The molecule has 1 aliphatic rings. The number of hydrogen-bond acceptors (Lipinski definition) is 2. The highest BCUT2D eigenvalue weighted by atomic mass is 32.1. The molecule has 0 unspecified atom stereocenters. The Morgan fingerprint density at radius 1 is 1.25 bits per heavy atom. The Hall–Kier alpha value is -0.630. The highest BCUT2D eigenvalue weighted by Crippen LogP contribution is 2.46. The summed E-state index contributed by atoms with van der Waals surface area (Å²) >= 11 is 1.71. The van der Waals surface area contributed by atoms with Crippen molar-refractivity contribution in [3.63, 3.8) is 0 Å². The summed E-state index contributed by atoms with van der Waals surface area (Å²) in [6.45, 7) is 11.1. The van der Waals surface area contributed by atoms with Crippen LogP contribution in [0, 0.1) is 11.3 Å². The molecule has 1 saturated carbocycles. The lowest BCUT2D eigenvalue weighted by Crippen LogP contribution is -2.29. The first-order valence-electron chi connectivity index (χ1n) is 7.90. The molecular formula is C18H28OS. The summed E-state index contributed by atoms with van der Waals surface area (Å²) in [6, 6.07) is 4.21. The van der Waals surface area contributed by atoms with Gasteiger partial charge >= 0.3 is 0 Å². The van der Waals surface area contributed by atoms with Crippen molar-refractivity contribution < 1.29 is 4.79 Å². The lowest BCUT2D eigenvalue weighted by molar-refractivity contribution is 0.0764. The zero-order valence-corrected chi connectivity index (χ0v) is 14.4. The van der Waals surface area contributed by atoms with Gasteiger partial charge in [-0.25, -0.2) is 0 Å². The minimum absolute atomic E-state index is 0.0613. The van der Waals surface area contributed by atoms with E-state index in [0.29, 0.717) is 11.7 Å². The minimum Gasteiger partial charge on any atom is -0.293 e.